The number of halogens is 2. The van der Waals surface area contributed by atoms with Crippen molar-refractivity contribution in [3.05, 3.63) is 98.1 Å². The van der Waals surface area contributed by atoms with Gasteiger partial charge >= 0.3 is 0 Å². The van der Waals surface area contributed by atoms with Crippen LogP contribution in [0.15, 0.2) is 80.2 Å². The average Bonchev–Trinajstić information content (AvgIpc) is 3.29. The molecular formula is C26H18BrFN4O2S. The Morgan fingerprint density at radius 1 is 1.00 bits per heavy atom. The van der Waals surface area contributed by atoms with Crippen molar-refractivity contribution in [3.63, 3.8) is 0 Å². The first-order valence-electron chi connectivity index (χ1n) is 10.6. The van der Waals surface area contributed by atoms with Crippen LogP contribution in [0.1, 0.15) is 22.3 Å². The lowest BCUT2D eigenvalue weighted by Gasteiger charge is -2.17. The third-order valence-electron chi connectivity index (χ3n) is 5.50. The summed E-state index contributed by atoms with van der Waals surface area (Å²) in [6.45, 7) is 3.90. The van der Waals surface area contributed by atoms with E-state index >= 15 is 0 Å². The number of nitrogens with zero attached hydrogens (tertiary/aromatic N) is 3. The summed E-state index contributed by atoms with van der Waals surface area (Å²) in [5.41, 5.74) is 4.77. The highest BCUT2D eigenvalue weighted by Crippen LogP contribution is 2.38. The zero-order chi connectivity index (χ0) is 24.7. The molecule has 0 unspecified atom stereocenters. The maximum absolute atomic E-state index is 13.5. The van der Waals surface area contributed by atoms with E-state index in [1.165, 1.54) is 17.0 Å². The molecular weight excluding hydrogens is 531 g/mol. The molecule has 2 aliphatic heterocycles. The summed E-state index contributed by atoms with van der Waals surface area (Å²) >= 11 is 4.57. The van der Waals surface area contributed by atoms with E-state index in [2.05, 4.69) is 31.4 Å². The number of carbonyl (C=O) groups is 2. The first-order chi connectivity index (χ1) is 16.8. The summed E-state index contributed by atoms with van der Waals surface area (Å²) in [7, 11) is 0. The van der Waals surface area contributed by atoms with Crippen molar-refractivity contribution in [1.29, 1.82) is 0 Å². The molecule has 6 nitrogen and oxygen atoms in total. The number of aryl methyl sites for hydroxylation is 2. The van der Waals surface area contributed by atoms with Crippen molar-refractivity contribution >= 4 is 67.8 Å². The highest BCUT2D eigenvalue weighted by Gasteiger charge is 2.36. The molecule has 3 aromatic rings. The van der Waals surface area contributed by atoms with Crippen LogP contribution in [-0.4, -0.2) is 22.7 Å². The van der Waals surface area contributed by atoms with Crippen molar-refractivity contribution in [3.8, 4) is 0 Å². The number of hydrogen-bond donors (Lipinski definition) is 1. The van der Waals surface area contributed by atoms with Gasteiger partial charge < -0.3 is 5.32 Å². The lowest BCUT2D eigenvalue weighted by atomic mass is 10.1. The quantitative estimate of drug-likeness (QED) is 0.320. The van der Waals surface area contributed by atoms with E-state index in [1.807, 2.05) is 38.1 Å². The Labute approximate surface area is 213 Å². The molecule has 2 amide bonds. The lowest BCUT2D eigenvalue weighted by Crippen LogP contribution is -2.29. The topological polar surface area (TPSA) is 74.1 Å². The first-order valence-corrected chi connectivity index (χ1v) is 12.2. The van der Waals surface area contributed by atoms with Crippen LogP contribution in [0, 0.1) is 19.7 Å². The predicted molar refractivity (Wildman–Crippen MR) is 142 cm³/mol. The summed E-state index contributed by atoms with van der Waals surface area (Å²) in [4.78, 5) is 27.9. The number of thioether (sulfide) groups is 1. The standard InChI is InChI=1S/C26H18BrFN4O2S/c1-14-3-10-21(15(2)11-14)32-25(34)22(12-16-4-7-18(28)8-5-16)35-26(32)31-30-23-19-13-17(27)6-9-20(19)29-24(23)33/h3-13H,1-2H3,(H,29,30,33). The second-order valence-electron chi connectivity index (χ2n) is 8.07. The second kappa shape index (κ2) is 9.24. The maximum atomic E-state index is 13.5. The number of amidine groups is 1. The number of rotatable bonds is 3. The minimum absolute atomic E-state index is 0.165. The largest absolute Gasteiger partial charge is 0.320 e. The normalized spacial score (nSPS) is 18.6. The molecule has 3 aromatic carbocycles. The molecule has 0 atom stereocenters. The van der Waals surface area contributed by atoms with Crippen molar-refractivity contribution < 1.29 is 14.0 Å². The number of fused-ring (bicyclic) bond motifs is 1. The Hall–Kier alpha value is -3.56. The lowest BCUT2D eigenvalue weighted by molar-refractivity contribution is -0.113. The van der Waals surface area contributed by atoms with Gasteiger partial charge in [0.25, 0.3) is 11.8 Å². The summed E-state index contributed by atoms with van der Waals surface area (Å²) in [6, 6.07) is 17.1. The van der Waals surface area contributed by atoms with E-state index < -0.39 is 0 Å². The van der Waals surface area contributed by atoms with Gasteiger partial charge in [-0.1, -0.05) is 45.8 Å². The fourth-order valence-corrected chi connectivity index (χ4v) is 5.12. The van der Waals surface area contributed by atoms with Gasteiger partial charge in [0, 0.05) is 10.0 Å². The van der Waals surface area contributed by atoms with Crippen LogP contribution in [0.2, 0.25) is 0 Å². The van der Waals surface area contributed by atoms with Crippen LogP contribution in [0.25, 0.3) is 6.08 Å². The van der Waals surface area contributed by atoms with Gasteiger partial charge in [-0.3, -0.25) is 14.5 Å². The molecule has 0 saturated carbocycles. The SMILES string of the molecule is Cc1ccc(N2C(=O)C(=Cc3ccc(F)cc3)SC2=NN=C2C(=O)Nc3ccc(Br)cc32)c(C)c1. The van der Waals surface area contributed by atoms with Crippen molar-refractivity contribution in [1.82, 2.24) is 0 Å². The second-order valence-corrected chi connectivity index (χ2v) is 9.99. The van der Waals surface area contributed by atoms with Crippen LogP contribution < -0.4 is 10.2 Å². The van der Waals surface area contributed by atoms with Gasteiger partial charge in [0.05, 0.1) is 16.3 Å². The molecule has 2 heterocycles. The van der Waals surface area contributed by atoms with Gasteiger partial charge in [-0.2, -0.15) is 0 Å². The molecule has 0 aliphatic carbocycles. The van der Waals surface area contributed by atoms with Gasteiger partial charge in [0.2, 0.25) is 5.17 Å². The Morgan fingerprint density at radius 2 is 1.77 bits per heavy atom. The van der Waals surface area contributed by atoms with Crippen molar-refractivity contribution in [2.24, 2.45) is 10.2 Å². The highest BCUT2D eigenvalue weighted by molar-refractivity contribution is 9.10. The molecule has 0 spiro atoms. The molecule has 0 bridgehead atoms. The van der Waals surface area contributed by atoms with E-state index in [-0.39, 0.29) is 23.3 Å². The van der Waals surface area contributed by atoms with Crippen molar-refractivity contribution in [2.75, 3.05) is 10.2 Å². The van der Waals surface area contributed by atoms with E-state index in [0.717, 1.165) is 27.4 Å². The molecule has 5 rings (SSSR count). The number of benzene rings is 3. The van der Waals surface area contributed by atoms with E-state index in [0.29, 0.717) is 32.6 Å². The van der Waals surface area contributed by atoms with Gasteiger partial charge in [-0.15, -0.1) is 10.2 Å². The summed E-state index contributed by atoms with van der Waals surface area (Å²) < 4.78 is 14.1. The minimum atomic E-state index is -0.364. The zero-order valence-corrected chi connectivity index (χ0v) is 21.1. The molecule has 1 saturated heterocycles. The monoisotopic (exact) mass is 548 g/mol. The van der Waals surface area contributed by atoms with E-state index in [9.17, 15) is 14.0 Å². The molecule has 2 aliphatic rings. The van der Waals surface area contributed by atoms with Gasteiger partial charge in [0.1, 0.15) is 5.82 Å². The maximum Gasteiger partial charge on any atom is 0.276 e. The fourth-order valence-electron chi connectivity index (χ4n) is 3.84. The average molecular weight is 549 g/mol. The number of carbonyl (C=O) groups excluding carboxylic acids is 2. The number of amides is 2. The Bertz CT molecular complexity index is 1480. The van der Waals surface area contributed by atoms with Crippen LogP contribution >= 0.6 is 27.7 Å². The smallest absolute Gasteiger partial charge is 0.276 e. The van der Waals surface area contributed by atoms with Crippen LogP contribution in [0.3, 0.4) is 0 Å². The number of hydrogen-bond acceptors (Lipinski definition) is 5. The molecule has 1 N–H and O–H groups in total. The Kier molecular flexibility index (Phi) is 6.12. The van der Waals surface area contributed by atoms with Crippen molar-refractivity contribution in [2.45, 2.75) is 13.8 Å². The van der Waals surface area contributed by atoms with Crippen LogP contribution in [-0.2, 0) is 9.59 Å². The molecule has 1 fully saturated rings. The molecule has 35 heavy (non-hydrogen) atoms. The van der Waals surface area contributed by atoms with Crippen LogP contribution in [0.5, 0.6) is 0 Å². The van der Waals surface area contributed by atoms with Crippen LogP contribution in [0.4, 0.5) is 15.8 Å². The first kappa shape index (κ1) is 23.2. The van der Waals surface area contributed by atoms with Gasteiger partial charge in [0.15, 0.2) is 5.71 Å². The van der Waals surface area contributed by atoms with E-state index in [4.69, 9.17) is 0 Å². The summed E-state index contributed by atoms with van der Waals surface area (Å²) in [5.74, 6) is -0.990. The highest BCUT2D eigenvalue weighted by atomic mass is 79.9. The molecule has 0 radical (unpaired) electrons. The number of nitrogens with one attached hydrogen (secondary N) is 1. The van der Waals surface area contributed by atoms with E-state index in [1.54, 1.807) is 30.3 Å². The predicted octanol–water partition coefficient (Wildman–Crippen LogP) is 6.04. The minimum Gasteiger partial charge on any atom is -0.320 e. The molecule has 9 heteroatoms. The Morgan fingerprint density at radius 3 is 2.51 bits per heavy atom. The third kappa shape index (κ3) is 4.56. The molecule has 0 aromatic heterocycles. The zero-order valence-electron chi connectivity index (χ0n) is 18.7. The van der Waals surface area contributed by atoms with Gasteiger partial charge in [-0.05, 0) is 79.2 Å². The molecule has 174 valence electrons. The number of anilines is 2. The fraction of sp³-hybridized carbons (Fsp3) is 0.0769. The Balaban J connectivity index is 1.59. The van der Waals surface area contributed by atoms with Gasteiger partial charge in [-0.25, -0.2) is 4.39 Å². The third-order valence-corrected chi connectivity index (χ3v) is 6.96. The summed E-state index contributed by atoms with van der Waals surface area (Å²) in [6.07, 6.45) is 1.69. The summed E-state index contributed by atoms with van der Waals surface area (Å²) in [5, 5.41) is 11.7.